The lowest BCUT2D eigenvalue weighted by Gasteiger charge is -2.34. The van der Waals surface area contributed by atoms with Gasteiger partial charge in [0.15, 0.2) is 0 Å². The monoisotopic (exact) mass is 852 g/mol. The number of carbonyl (C=O) groups excluding carboxylic acids is 9. The van der Waals surface area contributed by atoms with Crippen LogP contribution in [0.15, 0.2) is 0 Å². The van der Waals surface area contributed by atoms with Crippen molar-refractivity contribution >= 4 is 59.1 Å². The summed E-state index contributed by atoms with van der Waals surface area (Å²) in [6, 6.07) is -9.01. The topological polar surface area (TPSA) is 346 Å². The van der Waals surface area contributed by atoms with Crippen molar-refractivity contribution in [3.63, 3.8) is 0 Å². The van der Waals surface area contributed by atoms with Crippen LogP contribution in [0.2, 0.25) is 0 Å². The standard InChI is InChI=1S/C36H56N10O14/c1-19(40-27(50)14-38-29(53)21(16-47)41-32(56)23(18-49)42-31(55)20-6-2-10-37-20)34(58)45-12-4-8-25(45)36(60)46-13-5-9-26(46)35(59)44-11-3-7-24(44)33(57)43-22(17-48)30(54)39-15-28(51)52/h19-26,37,47-49H,2-18H2,1H3,(H,38,53)(H,39,54)(H,40,50)(H,41,56)(H,42,55)(H,43,57)(H,51,52)/t19-,20-,21-,22-,23-,24-,25-,26-/m0/s1. The van der Waals surface area contributed by atoms with Crippen LogP contribution >= 0.6 is 0 Å². The van der Waals surface area contributed by atoms with Gasteiger partial charge >= 0.3 is 5.97 Å². The molecule has 4 fully saturated rings. The summed E-state index contributed by atoms with van der Waals surface area (Å²) < 4.78 is 0. The highest BCUT2D eigenvalue weighted by Crippen LogP contribution is 2.29. The molecule has 24 heteroatoms. The van der Waals surface area contributed by atoms with Crippen molar-refractivity contribution in [3.05, 3.63) is 0 Å². The molecule has 4 heterocycles. The van der Waals surface area contributed by atoms with Gasteiger partial charge in [0.2, 0.25) is 53.2 Å². The third kappa shape index (κ3) is 12.1. The molecule has 0 unspecified atom stereocenters. The lowest BCUT2D eigenvalue weighted by atomic mass is 10.1. The Kier molecular flexibility index (Phi) is 17.5. The van der Waals surface area contributed by atoms with E-state index in [0.717, 1.165) is 6.42 Å². The van der Waals surface area contributed by atoms with Gasteiger partial charge in [-0.2, -0.15) is 0 Å². The van der Waals surface area contributed by atoms with Crippen LogP contribution in [-0.4, -0.2) is 202 Å². The van der Waals surface area contributed by atoms with Crippen LogP contribution in [0.4, 0.5) is 0 Å². The molecule has 4 saturated heterocycles. The summed E-state index contributed by atoms with van der Waals surface area (Å²) in [5, 5.41) is 54.6. The fourth-order valence-electron chi connectivity index (χ4n) is 7.74. The smallest absolute Gasteiger partial charge is 0.322 e. The van der Waals surface area contributed by atoms with Gasteiger partial charge < -0.3 is 72.3 Å². The fourth-order valence-corrected chi connectivity index (χ4v) is 7.74. The largest absolute Gasteiger partial charge is 0.480 e. The van der Waals surface area contributed by atoms with Crippen LogP contribution in [-0.2, 0) is 47.9 Å². The van der Waals surface area contributed by atoms with Gasteiger partial charge in [0.05, 0.1) is 32.4 Å². The number of carbonyl (C=O) groups is 10. The highest BCUT2D eigenvalue weighted by molar-refractivity contribution is 5.98. The summed E-state index contributed by atoms with van der Waals surface area (Å²) in [5.41, 5.74) is 0. The van der Waals surface area contributed by atoms with E-state index in [4.69, 9.17) is 5.11 Å². The molecule has 4 aliphatic heterocycles. The van der Waals surface area contributed by atoms with Crippen LogP contribution in [0.25, 0.3) is 0 Å². The zero-order chi connectivity index (χ0) is 44.1. The van der Waals surface area contributed by atoms with Gasteiger partial charge in [0.25, 0.3) is 0 Å². The van der Waals surface area contributed by atoms with Crippen molar-refractivity contribution in [2.45, 2.75) is 107 Å². The van der Waals surface area contributed by atoms with Crippen molar-refractivity contribution in [2.24, 2.45) is 0 Å². The number of aliphatic hydroxyl groups excluding tert-OH is 3. The van der Waals surface area contributed by atoms with Crippen molar-refractivity contribution in [2.75, 3.05) is 59.1 Å². The first-order valence-electron chi connectivity index (χ1n) is 20.1. The lowest BCUT2D eigenvalue weighted by Crippen LogP contribution is -2.59. The van der Waals surface area contributed by atoms with Gasteiger partial charge in [-0.25, -0.2) is 0 Å². The van der Waals surface area contributed by atoms with Gasteiger partial charge in [0, 0.05) is 19.6 Å². The summed E-state index contributed by atoms with van der Waals surface area (Å²) in [6.45, 7) is -1.28. The average Bonchev–Trinajstić information content (AvgIpc) is 4.08. The number of hydrogen-bond acceptors (Lipinski definition) is 14. The van der Waals surface area contributed by atoms with Gasteiger partial charge in [-0.1, -0.05) is 0 Å². The second-order valence-electron chi connectivity index (χ2n) is 15.1. The van der Waals surface area contributed by atoms with E-state index >= 15 is 0 Å². The van der Waals surface area contributed by atoms with Crippen LogP contribution in [0, 0.1) is 0 Å². The first kappa shape index (κ1) is 47.2. The van der Waals surface area contributed by atoms with Crippen LogP contribution < -0.4 is 37.2 Å². The first-order chi connectivity index (χ1) is 28.6. The Hall–Kier alpha value is -5.46. The Bertz CT molecular complexity index is 1640. The molecule has 11 N–H and O–H groups in total. The molecular formula is C36H56N10O14. The SMILES string of the molecule is C[C@H](NC(=O)CNC(=O)[C@H](CO)NC(=O)[C@H](CO)NC(=O)[C@@H]1CCCN1)C(=O)N1CCC[C@H]1C(=O)N1CCC[C@H]1C(=O)N1CCC[C@H]1C(=O)N[C@@H](CO)C(=O)NCC(=O)O. The van der Waals surface area contributed by atoms with E-state index in [9.17, 15) is 63.3 Å². The molecule has 0 aromatic carbocycles. The van der Waals surface area contributed by atoms with Gasteiger partial charge in [-0.3, -0.25) is 47.9 Å². The summed E-state index contributed by atoms with van der Waals surface area (Å²) in [4.78, 5) is 132. The van der Waals surface area contributed by atoms with Crippen molar-refractivity contribution in [1.82, 2.24) is 51.9 Å². The minimum absolute atomic E-state index is 0.184. The molecule has 24 nitrogen and oxygen atoms in total. The molecule has 60 heavy (non-hydrogen) atoms. The van der Waals surface area contributed by atoms with Crippen molar-refractivity contribution < 1.29 is 68.4 Å². The number of carboxylic acids is 1. The third-order valence-electron chi connectivity index (χ3n) is 10.9. The van der Waals surface area contributed by atoms with Gasteiger partial charge in [-0.15, -0.1) is 0 Å². The third-order valence-corrected chi connectivity index (χ3v) is 10.9. The van der Waals surface area contributed by atoms with E-state index in [0.29, 0.717) is 38.6 Å². The summed E-state index contributed by atoms with van der Waals surface area (Å²) >= 11 is 0. The van der Waals surface area contributed by atoms with E-state index in [1.54, 1.807) is 0 Å². The molecule has 0 saturated carbocycles. The quantitative estimate of drug-likeness (QED) is 0.0575. The Morgan fingerprint density at radius 3 is 1.62 bits per heavy atom. The fraction of sp³-hybridized carbons (Fsp3) is 0.722. The molecule has 0 aliphatic carbocycles. The molecule has 334 valence electrons. The molecular weight excluding hydrogens is 796 g/mol. The van der Waals surface area contributed by atoms with E-state index in [1.165, 1.54) is 21.6 Å². The Labute approximate surface area is 344 Å². The molecule has 9 amide bonds. The molecule has 0 aromatic heterocycles. The predicted octanol–water partition coefficient (Wildman–Crippen LogP) is -7.04. The van der Waals surface area contributed by atoms with Crippen molar-refractivity contribution in [3.8, 4) is 0 Å². The Morgan fingerprint density at radius 1 is 0.583 bits per heavy atom. The van der Waals surface area contributed by atoms with Crippen LogP contribution in [0.1, 0.15) is 58.3 Å². The zero-order valence-electron chi connectivity index (χ0n) is 33.4. The number of amides is 9. The second kappa shape index (κ2) is 22.2. The maximum Gasteiger partial charge on any atom is 0.322 e. The van der Waals surface area contributed by atoms with E-state index in [-0.39, 0.29) is 32.5 Å². The number of nitrogens with one attached hydrogen (secondary N) is 7. The Balaban J connectivity index is 1.28. The van der Waals surface area contributed by atoms with Crippen LogP contribution in [0.3, 0.4) is 0 Å². The summed E-state index contributed by atoms with van der Waals surface area (Å²) in [5.74, 6) is -7.76. The van der Waals surface area contributed by atoms with Crippen LogP contribution in [0.5, 0.6) is 0 Å². The summed E-state index contributed by atoms with van der Waals surface area (Å²) in [7, 11) is 0. The number of aliphatic carboxylic acids is 1. The number of aliphatic hydroxyl groups is 3. The first-order valence-corrected chi connectivity index (χ1v) is 20.1. The predicted molar refractivity (Wildman–Crippen MR) is 204 cm³/mol. The molecule has 0 spiro atoms. The molecule has 0 radical (unpaired) electrons. The number of carboxylic acid groups (broad SMARTS) is 1. The second-order valence-corrected chi connectivity index (χ2v) is 15.1. The molecule has 4 rings (SSSR count). The van der Waals surface area contributed by atoms with Gasteiger partial charge in [-0.05, 0) is 64.8 Å². The zero-order valence-corrected chi connectivity index (χ0v) is 33.4. The van der Waals surface area contributed by atoms with E-state index < -0.39 is 140 Å². The molecule has 8 atom stereocenters. The number of rotatable bonds is 19. The van der Waals surface area contributed by atoms with E-state index in [1.807, 2.05) is 0 Å². The Morgan fingerprint density at radius 2 is 1.07 bits per heavy atom. The number of likely N-dealkylation sites (tertiary alicyclic amines) is 3. The minimum atomic E-state index is -1.55. The molecule has 4 aliphatic rings. The highest BCUT2D eigenvalue weighted by atomic mass is 16.4. The average molecular weight is 853 g/mol. The van der Waals surface area contributed by atoms with Crippen molar-refractivity contribution in [1.29, 1.82) is 0 Å². The maximum atomic E-state index is 14.0. The minimum Gasteiger partial charge on any atom is -0.480 e. The highest BCUT2D eigenvalue weighted by Gasteiger charge is 2.46. The molecule has 0 bridgehead atoms. The lowest BCUT2D eigenvalue weighted by molar-refractivity contribution is -0.151. The molecule has 0 aromatic rings. The normalized spacial score (nSPS) is 23.2. The van der Waals surface area contributed by atoms with Gasteiger partial charge in [0.1, 0.15) is 48.8 Å². The number of nitrogens with zero attached hydrogens (tertiary/aromatic N) is 3. The maximum absolute atomic E-state index is 14.0. The van der Waals surface area contributed by atoms with E-state index in [2.05, 4.69) is 37.2 Å². The summed E-state index contributed by atoms with van der Waals surface area (Å²) in [6.07, 6.45) is 3.50. The number of hydrogen-bond donors (Lipinski definition) is 11.